The smallest absolute Gasteiger partial charge is 0.00927 e. The van der Waals surface area contributed by atoms with Crippen molar-refractivity contribution in [1.29, 1.82) is 0 Å². The van der Waals surface area contributed by atoms with E-state index in [9.17, 15) is 0 Å². The number of nitrogens with one attached hydrogen (secondary N) is 1. The van der Waals surface area contributed by atoms with E-state index in [0.717, 1.165) is 18.0 Å². The molecule has 106 valence electrons. The molecule has 1 saturated heterocycles. The fourth-order valence-corrected chi connectivity index (χ4v) is 3.78. The van der Waals surface area contributed by atoms with Crippen molar-refractivity contribution < 1.29 is 0 Å². The minimum atomic E-state index is 0.598. The van der Waals surface area contributed by atoms with E-state index in [0.29, 0.717) is 5.41 Å². The van der Waals surface area contributed by atoms with Crippen LogP contribution in [0.25, 0.3) is 0 Å². The summed E-state index contributed by atoms with van der Waals surface area (Å²) in [5.41, 5.74) is 0.598. The molecule has 0 aromatic carbocycles. The molecule has 0 amide bonds. The van der Waals surface area contributed by atoms with Crippen LogP contribution in [0.4, 0.5) is 0 Å². The van der Waals surface area contributed by atoms with Crippen LogP contribution in [-0.2, 0) is 0 Å². The SMILES string of the molecule is CC1CC(CN(C)C2CCC(C)(C)CC2)CCN1. The van der Waals surface area contributed by atoms with E-state index in [-0.39, 0.29) is 0 Å². The van der Waals surface area contributed by atoms with Crippen molar-refractivity contribution >= 4 is 0 Å². The third-order valence-corrected chi connectivity index (χ3v) is 5.21. The van der Waals surface area contributed by atoms with Crippen LogP contribution in [0.3, 0.4) is 0 Å². The first-order valence-electron chi connectivity index (χ1n) is 7.90. The molecule has 1 heterocycles. The van der Waals surface area contributed by atoms with Crippen LogP contribution < -0.4 is 5.32 Å². The Bertz CT molecular complexity index is 252. The molecule has 0 aromatic rings. The van der Waals surface area contributed by atoms with Gasteiger partial charge in [0.25, 0.3) is 0 Å². The van der Waals surface area contributed by atoms with Gasteiger partial charge in [-0.15, -0.1) is 0 Å². The lowest BCUT2D eigenvalue weighted by atomic mass is 9.75. The van der Waals surface area contributed by atoms with Gasteiger partial charge in [-0.3, -0.25) is 0 Å². The Hall–Kier alpha value is -0.0800. The predicted octanol–water partition coefficient (Wildman–Crippen LogP) is 3.28. The lowest BCUT2D eigenvalue weighted by molar-refractivity contribution is 0.105. The lowest BCUT2D eigenvalue weighted by Gasteiger charge is -2.40. The zero-order valence-electron chi connectivity index (χ0n) is 12.8. The predicted molar refractivity (Wildman–Crippen MR) is 78.9 cm³/mol. The second-order valence-corrected chi connectivity index (χ2v) is 7.58. The van der Waals surface area contributed by atoms with Gasteiger partial charge >= 0.3 is 0 Å². The normalized spacial score (nSPS) is 33.8. The van der Waals surface area contributed by atoms with Crippen molar-refractivity contribution in [2.75, 3.05) is 20.1 Å². The molecule has 2 aliphatic rings. The van der Waals surface area contributed by atoms with E-state index in [4.69, 9.17) is 0 Å². The maximum Gasteiger partial charge on any atom is 0.00927 e. The van der Waals surface area contributed by atoms with Crippen LogP contribution in [0.1, 0.15) is 59.3 Å². The highest BCUT2D eigenvalue weighted by molar-refractivity contribution is 4.85. The third kappa shape index (κ3) is 3.96. The molecule has 2 nitrogen and oxygen atoms in total. The van der Waals surface area contributed by atoms with Crippen LogP contribution in [-0.4, -0.2) is 37.1 Å². The molecule has 1 aliphatic carbocycles. The first-order valence-corrected chi connectivity index (χ1v) is 7.90. The van der Waals surface area contributed by atoms with Crippen LogP contribution in [0.2, 0.25) is 0 Å². The number of hydrogen-bond donors (Lipinski definition) is 1. The van der Waals surface area contributed by atoms with E-state index < -0.39 is 0 Å². The first-order chi connectivity index (χ1) is 8.46. The second-order valence-electron chi connectivity index (χ2n) is 7.58. The topological polar surface area (TPSA) is 15.3 Å². The molecule has 0 spiro atoms. The molecule has 0 aromatic heterocycles. The minimum absolute atomic E-state index is 0.598. The average molecular weight is 252 g/mol. The maximum absolute atomic E-state index is 3.56. The second kappa shape index (κ2) is 5.92. The molecule has 2 atom stereocenters. The summed E-state index contributed by atoms with van der Waals surface area (Å²) in [5.74, 6) is 0.918. The van der Waals surface area contributed by atoms with E-state index in [1.807, 2.05) is 0 Å². The molecule has 2 unspecified atom stereocenters. The molecule has 2 rings (SSSR count). The van der Waals surface area contributed by atoms with E-state index in [1.165, 1.54) is 51.6 Å². The van der Waals surface area contributed by atoms with Gasteiger partial charge in [0.2, 0.25) is 0 Å². The van der Waals surface area contributed by atoms with Crippen molar-refractivity contribution in [2.24, 2.45) is 11.3 Å². The molecule has 2 fully saturated rings. The average Bonchev–Trinajstić information content (AvgIpc) is 2.28. The van der Waals surface area contributed by atoms with Crippen LogP contribution in [0.15, 0.2) is 0 Å². The van der Waals surface area contributed by atoms with Crippen molar-refractivity contribution in [2.45, 2.75) is 71.4 Å². The Labute approximate surface area is 114 Å². The highest BCUT2D eigenvalue weighted by Crippen LogP contribution is 2.36. The number of nitrogens with zero attached hydrogens (tertiary/aromatic N) is 1. The molecule has 1 N–H and O–H groups in total. The van der Waals surface area contributed by atoms with Crippen LogP contribution >= 0.6 is 0 Å². The highest BCUT2D eigenvalue weighted by atomic mass is 15.1. The Morgan fingerprint density at radius 1 is 1.17 bits per heavy atom. The Kier molecular flexibility index (Phi) is 4.71. The van der Waals surface area contributed by atoms with E-state index >= 15 is 0 Å². The molecule has 18 heavy (non-hydrogen) atoms. The summed E-state index contributed by atoms with van der Waals surface area (Å²) in [6.07, 6.45) is 8.36. The van der Waals surface area contributed by atoms with Gasteiger partial charge in [0.15, 0.2) is 0 Å². The van der Waals surface area contributed by atoms with Crippen molar-refractivity contribution in [3.05, 3.63) is 0 Å². The van der Waals surface area contributed by atoms with Gasteiger partial charge in [0.1, 0.15) is 0 Å². The fraction of sp³-hybridized carbons (Fsp3) is 1.00. The largest absolute Gasteiger partial charge is 0.314 e. The van der Waals surface area contributed by atoms with Gasteiger partial charge in [-0.2, -0.15) is 0 Å². The fourth-order valence-electron chi connectivity index (χ4n) is 3.78. The molecule has 0 radical (unpaired) electrons. The van der Waals surface area contributed by atoms with Crippen LogP contribution in [0.5, 0.6) is 0 Å². The standard InChI is InChI=1S/C16H32N2/c1-13-11-14(7-10-17-13)12-18(4)15-5-8-16(2,3)9-6-15/h13-15,17H,5-12H2,1-4H3. The van der Waals surface area contributed by atoms with Gasteiger partial charge in [-0.1, -0.05) is 13.8 Å². The summed E-state index contributed by atoms with van der Waals surface area (Å²) in [6, 6.07) is 1.57. The van der Waals surface area contributed by atoms with E-state index in [2.05, 4.69) is 38.0 Å². The van der Waals surface area contributed by atoms with Gasteiger partial charge in [-0.25, -0.2) is 0 Å². The zero-order chi connectivity index (χ0) is 13.2. The van der Waals surface area contributed by atoms with Crippen molar-refractivity contribution in [1.82, 2.24) is 10.2 Å². The van der Waals surface area contributed by atoms with E-state index in [1.54, 1.807) is 0 Å². The first kappa shape index (κ1) is 14.3. The van der Waals surface area contributed by atoms with Gasteiger partial charge in [0, 0.05) is 18.6 Å². The summed E-state index contributed by atoms with van der Waals surface area (Å²) >= 11 is 0. The number of rotatable bonds is 3. The summed E-state index contributed by atoms with van der Waals surface area (Å²) < 4.78 is 0. The number of piperidine rings is 1. The molecule has 2 heteroatoms. The summed E-state index contributed by atoms with van der Waals surface area (Å²) in [5, 5.41) is 3.56. The van der Waals surface area contributed by atoms with Gasteiger partial charge in [0.05, 0.1) is 0 Å². The summed E-state index contributed by atoms with van der Waals surface area (Å²) in [7, 11) is 2.36. The van der Waals surface area contributed by atoms with Gasteiger partial charge < -0.3 is 10.2 Å². The Balaban J connectivity index is 1.76. The number of hydrogen-bond acceptors (Lipinski definition) is 2. The Morgan fingerprint density at radius 2 is 1.83 bits per heavy atom. The van der Waals surface area contributed by atoms with Crippen molar-refractivity contribution in [3.63, 3.8) is 0 Å². The molecule has 1 saturated carbocycles. The zero-order valence-corrected chi connectivity index (χ0v) is 12.8. The Morgan fingerprint density at radius 3 is 2.44 bits per heavy atom. The molecular formula is C16H32N2. The molecular weight excluding hydrogens is 220 g/mol. The van der Waals surface area contributed by atoms with Gasteiger partial charge in [-0.05, 0) is 70.4 Å². The quantitative estimate of drug-likeness (QED) is 0.829. The maximum atomic E-state index is 3.56. The summed E-state index contributed by atoms with van der Waals surface area (Å²) in [6.45, 7) is 9.72. The van der Waals surface area contributed by atoms with Crippen molar-refractivity contribution in [3.8, 4) is 0 Å². The molecule has 1 aliphatic heterocycles. The summed E-state index contributed by atoms with van der Waals surface area (Å²) in [4.78, 5) is 2.66. The molecule has 0 bridgehead atoms. The van der Waals surface area contributed by atoms with Crippen LogP contribution in [0, 0.1) is 11.3 Å². The third-order valence-electron chi connectivity index (χ3n) is 5.21. The monoisotopic (exact) mass is 252 g/mol. The minimum Gasteiger partial charge on any atom is -0.314 e. The highest BCUT2D eigenvalue weighted by Gasteiger charge is 2.30. The lowest BCUT2D eigenvalue weighted by Crippen LogP contribution is -2.43.